The van der Waals surface area contributed by atoms with Gasteiger partial charge >= 0.3 is 11.8 Å². The molecule has 0 aliphatic heterocycles. The average molecular weight is 286 g/mol. The van der Waals surface area contributed by atoms with Crippen molar-refractivity contribution in [2.24, 2.45) is 5.73 Å². The van der Waals surface area contributed by atoms with Crippen LogP contribution in [0.2, 0.25) is 0 Å². The van der Waals surface area contributed by atoms with E-state index in [1.807, 2.05) is 10.9 Å². The molecule has 0 aliphatic carbocycles. The van der Waals surface area contributed by atoms with Crippen LogP contribution in [0.4, 0.5) is 0 Å². The summed E-state index contributed by atoms with van der Waals surface area (Å²) in [5.74, 6) is -2.79. The van der Waals surface area contributed by atoms with Crippen molar-refractivity contribution < 1.29 is 14.4 Å². The second-order valence-electron chi connectivity index (χ2n) is 2.78. The fraction of sp³-hybridized carbons (Fsp3) is 0. The second kappa shape index (κ2) is 5.26. The lowest BCUT2D eigenvalue weighted by molar-refractivity contribution is -0.137. The molecule has 3 amide bonds. The molecule has 0 fully saturated rings. The smallest absolute Gasteiger partial charge is 0.327 e. The number of hydrogen-bond acceptors (Lipinski definition) is 3. The van der Waals surface area contributed by atoms with Gasteiger partial charge in [0, 0.05) is 10.0 Å². The van der Waals surface area contributed by atoms with Crippen LogP contribution in [0.25, 0.3) is 0 Å². The van der Waals surface area contributed by atoms with Crippen molar-refractivity contribution >= 4 is 33.7 Å². The Labute approximate surface area is 99.3 Å². The summed E-state index contributed by atoms with van der Waals surface area (Å²) in [5, 5.41) is 0. The zero-order valence-corrected chi connectivity index (χ0v) is 9.58. The molecule has 0 atom stereocenters. The van der Waals surface area contributed by atoms with E-state index >= 15 is 0 Å². The summed E-state index contributed by atoms with van der Waals surface area (Å²) < 4.78 is 0.824. The van der Waals surface area contributed by atoms with Crippen molar-refractivity contribution in [1.29, 1.82) is 0 Å². The normalized spacial score (nSPS) is 9.31. The quantitative estimate of drug-likeness (QED) is 0.487. The van der Waals surface area contributed by atoms with E-state index in [2.05, 4.69) is 21.7 Å². The lowest BCUT2D eigenvalue weighted by Gasteiger charge is -2.05. The van der Waals surface area contributed by atoms with Gasteiger partial charge in [-0.2, -0.15) is 0 Å². The monoisotopic (exact) mass is 285 g/mol. The maximum Gasteiger partial charge on any atom is 0.327 e. The number of nitrogens with one attached hydrogen (secondary N) is 2. The van der Waals surface area contributed by atoms with Crippen molar-refractivity contribution in [1.82, 2.24) is 10.9 Å². The van der Waals surface area contributed by atoms with Crippen LogP contribution in [0, 0.1) is 0 Å². The summed E-state index contributed by atoms with van der Waals surface area (Å²) in [6.07, 6.45) is 0. The molecule has 6 nitrogen and oxygen atoms in total. The van der Waals surface area contributed by atoms with Gasteiger partial charge in [0.1, 0.15) is 0 Å². The van der Waals surface area contributed by atoms with Crippen molar-refractivity contribution in [2.75, 3.05) is 0 Å². The summed E-state index contributed by atoms with van der Waals surface area (Å²) in [6, 6.07) is 6.45. The molecule has 0 saturated carbocycles. The molecule has 0 radical (unpaired) electrons. The molecular formula is C9H8BrN3O3. The first kappa shape index (κ1) is 12.2. The second-order valence-corrected chi connectivity index (χ2v) is 3.70. The molecule has 7 heteroatoms. The average Bonchev–Trinajstić information content (AvgIpc) is 2.26. The highest BCUT2D eigenvalue weighted by Gasteiger charge is 2.10. The van der Waals surface area contributed by atoms with Crippen molar-refractivity contribution in [3.05, 3.63) is 34.3 Å². The van der Waals surface area contributed by atoms with Gasteiger partial charge in [-0.05, 0) is 24.3 Å². The van der Waals surface area contributed by atoms with Crippen LogP contribution < -0.4 is 16.6 Å². The van der Waals surface area contributed by atoms with E-state index in [0.717, 1.165) is 4.47 Å². The van der Waals surface area contributed by atoms with Crippen LogP contribution in [-0.2, 0) is 9.59 Å². The molecule has 1 aromatic rings. The first-order valence-electron chi connectivity index (χ1n) is 4.16. The number of amides is 3. The maximum absolute atomic E-state index is 11.4. The van der Waals surface area contributed by atoms with Gasteiger partial charge in [-0.1, -0.05) is 15.9 Å². The number of nitrogens with two attached hydrogens (primary N) is 1. The Balaban J connectivity index is 2.56. The first-order valence-corrected chi connectivity index (χ1v) is 4.95. The Morgan fingerprint density at radius 3 is 2.12 bits per heavy atom. The Bertz CT molecular complexity index is 430. The third-order valence-electron chi connectivity index (χ3n) is 1.62. The summed E-state index contributed by atoms with van der Waals surface area (Å²) >= 11 is 3.21. The summed E-state index contributed by atoms with van der Waals surface area (Å²) in [7, 11) is 0. The van der Waals surface area contributed by atoms with Gasteiger partial charge in [-0.3, -0.25) is 25.2 Å². The Kier molecular flexibility index (Phi) is 4.01. The highest BCUT2D eigenvalue weighted by molar-refractivity contribution is 9.10. The van der Waals surface area contributed by atoms with E-state index in [1.54, 1.807) is 24.3 Å². The number of hydrazine groups is 1. The van der Waals surface area contributed by atoms with Gasteiger partial charge < -0.3 is 5.73 Å². The number of primary amides is 1. The largest absolute Gasteiger partial charge is 0.361 e. The molecular weight excluding hydrogens is 278 g/mol. The van der Waals surface area contributed by atoms with Crippen molar-refractivity contribution in [2.45, 2.75) is 0 Å². The number of carbonyl (C=O) groups is 3. The molecule has 84 valence electrons. The van der Waals surface area contributed by atoms with Gasteiger partial charge in [0.2, 0.25) is 0 Å². The van der Waals surface area contributed by atoms with E-state index in [0.29, 0.717) is 5.56 Å². The molecule has 4 N–H and O–H groups in total. The topological polar surface area (TPSA) is 101 Å². The predicted octanol–water partition coefficient (Wildman–Crippen LogP) is -0.305. The van der Waals surface area contributed by atoms with Gasteiger partial charge in [-0.25, -0.2) is 0 Å². The van der Waals surface area contributed by atoms with Crippen LogP contribution in [-0.4, -0.2) is 17.7 Å². The van der Waals surface area contributed by atoms with E-state index in [9.17, 15) is 14.4 Å². The number of benzene rings is 1. The van der Waals surface area contributed by atoms with Crippen molar-refractivity contribution in [3.8, 4) is 0 Å². The molecule has 0 heterocycles. The SMILES string of the molecule is NC(=O)C(=O)NNC(=O)c1ccc(Br)cc1. The minimum Gasteiger partial charge on any atom is -0.361 e. The summed E-state index contributed by atoms with van der Waals surface area (Å²) in [5.41, 5.74) is 8.93. The highest BCUT2D eigenvalue weighted by Crippen LogP contribution is 2.09. The Morgan fingerprint density at radius 2 is 1.62 bits per heavy atom. The van der Waals surface area contributed by atoms with Crippen LogP contribution in [0.5, 0.6) is 0 Å². The lowest BCUT2D eigenvalue weighted by atomic mass is 10.2. The van der Waals surface area contributed by atoms with Gasteiger partial charge in [0.15, 0.2) is 0 Å². The van der Waals surface area contributed by atoms with Gasteiger partial charge in [0.25, 0.3) is 5.91 Å². The van der Waals surface area contributed by atoms with Crippen LogP contribution in [0.3, 0.4) is 0 Å². The predicted molar refractivity (Wildman–Crippen MR) is 58.9 cm³/mol. The van der Waals surface area contributed by atoms with E-state index in [1.165, 1.54) is 0 Å². The number of hydrogen-bond donors (Lipinski definition) is 3. The van der Waals surface area contributed by atoms with E-state index < -0.39 is 17.7 Å². The van der Waals surface area contributed by atoms with Crippen LogP contribution in [0.1, 0.15) is 10.4 Å². The molecule has 1 rings (SSSR count). The Morgan fingerprint density at radius 1 is 1.06 bits per heavy atom. The Hall–Kier alpha value is -1.89. The molecule has 0 aliphatic rings. The lowest BCUT2D eigenvalue weighted by Crippen LogP contribution is -2.47. The van der Waals surface area contributed by atoms with Gasteiger partial charge in [-0.15, -0.1) is 0 Å². The minimum atomic E-state index is -1.17. The van der Waals surface area contributed by atoms with Gasteiger partial charge in [0.05, 0.1) is 0 Å². The first-order chi connectivity index (χ1) is 7.50. The molecule has 0 saturated heterocycles. The summed E-state index contributed by atoms with van der Waals surface area (Å²) in [6.45, 7) is 0. The molecule has 0 spiro atoms. The van der Waals surface area contributed by atoms with E-state index in [4.69, 9.17) is 0 Å². The highest BCUT2D eigenvalue weighted by atomic mass is 79.9. The molecule has 0 bridgehead atoms. The minimum absolute atomic E-state index is 0.341. The fourth-order valence-corrected chi connectivity index (χ4v) is 1.11. The van der Waals surface area contributed by atoms with Crippen molar-refractivity contribution in [3.63, 3.8) is 0 Å². The zero-order chi connectivity index (χ0) is 12.1. The zero-order valence-electron chi connectivity index (χ0n) is 7.99. The van der Waals surface area contributed by atoms with E-state index in [-0.39, 0.29) is 0 Å². The van der Waals surface area contributed by atoms with Crippen LogP contribution in [0.15, 0.2) is 28.7 Å². The molecule has 16 heavy (non-hydrogen) atoms. The number of halogens is 1. The number of rotatable bonds is 1. The number of carbonyl (C=O) groups excluding carboxylic acids is 3. The molecule has 0 aromatic heterocycles. The standard InChI is InChI=1S/C9H8BrN3O3/c10-6-3-1-5(2-4-6)8(15)12-13-9(16)7(11)14/h1-4H,(H2,11,14)(H,12,15)(H,13,16). The maximum atomic E-state index is 11.4. The third kappa shape index (κ3) is 3.35. The molecule has 1 aromatic carbocycles. The fourth-order valence-electron chi connectivity index (χ4n) is 0.849. The third-order valence-corrected chi connectivity index (χ3v) is 2.15. The molecule has 0 unspecified atom stereocenters. The summed E-state index contributed by atoms with van der Waals surface area (Å²) in [4.78, 5) is 32.5. The van der Waals surface area contributed by atoms with Crippen LogP contribution >= 0.6 is 15.9 Å².